The molecule has 6 nitrogen and oxygen atoms in total. The molecule has 0 aromatic heterocycles. The van der Waals surface area contributed by atoms with Crippen LogP contribution >= 0.6 is 11.6 Å². The third kappa shape index (κ3) is 5.29. The van der Waals surface area contributed by atoms with Gasteiger partial charge in [-0.25, -0.2) is 0 Å². The van der Waals surface area contributed by atoms with Crippen molar-refractivity contribution >= 4 is 34.9 Å². The SMILES string of the molecule is O=[N+]([O-])c1ccc(COc2ccc(C=Nc3ccc([C@@H]4Nc5ccccc5[C@@H]5C=CC[C@@H]54)cc3)cc2Cl)cc1. The summed E-state index contributed by atoms with van der Waals surface area (Å²) < 4.78 is 5.81. The Morgan fingerprint density at radius 3 is 2.59 bits per heavy atom. The number of non-ortho nitro benzene ring substituents is 1. The molecule has 194 valence electrons. The van der Waals surface area contributed by atoms with E-state index in [9.17, 15) is 10.1 Å². The van der Waals surface area contributed by atoms with E-state index in [-0.39, 0.29) is 18.3 Å². The molecule has 0 radical (unpaired) electrons. The molecule has 1 heterocycles. The molecule has 0 saturated heterocycles. The van der Waals surface area contributed by atoms with E-state index in [1.165, 1.54) is 28.9 Å². The lowest BCUT2D eigenvalue weighted by atomic mass is 9.77. The van der Waals surface area contributed by atoms with Crippen molar-refractivity contribution in [2.75, 3.05) is 5.32 Å². The summed E-state index contributed by atoms with van der Waals surface area (Å²) in [5.41, 5.74) is 6.46. The van der Waals surface area contributed by atoms with Crippen LogP contribution in [0.1, 0.15) is 40.6 Å². The molecule has 0 saturated carbocycles. The zero-order valence-electron chi connectivity index (χ0n) is 21.0. The first-order chi connectivity index (χ1) is 19.0. The highest BCUT2D eigenvalue weighted by molar-refractivity contribution is 6.32. The number of nitrogens with one attached hydrogen (secondary N) is 1. The van der Waals surface area contributed by atoms with Crippen LogP contribution in [0.5, 0.6) is 5.75 Å². The van der Waals surface area contributed by atoms with E-state index in [1.807, 2.05) is 6.07 Å². The van der Waals surface area contributed by atoms with Gasteiger partial charge in [-0.1, -0.05) is 54.1 Å². The molecule has 0 fully saturated rings. The molecule has 7 heteroatoms. The molecule has 4 aromatic rings. The van der Waals surface area contributed by atoms with Crippen molar-refractivity contribution in [1.29, 1.82) is 0 Å². The summed E-state index contributed by atoms with van der Waals surface area (Å²) in [5.74, 6) is 1.51. The standard InChI is InChI=1S/C32H26ClN3O3/c33-29-18-22(10-17-31(29)39-20-21-8-15-25(16-9-21)36(37)38)19-34-24-13-11-23(12-14-24)32-28-6-3-5-26(28)27-4-1-2-7-30(27)35-32/h1-5,7-19,26,28,32,35H,6,20H2/t26-,28-,32-/m0/s1. The minimum absolute atomic E-state index is 0.0474. The molecule has 0 unspecified atom stereocenters. The Labute approximate surface area is 231 Å². The Morgan fingerprint density at radius 2 is 1.82 bits per heavy atom. The number of ether oxygens (including phenoxy) is 1. The molecule has 4 aromatic carbocycles. The number of nitro groups is 1. The molecule has 1 aliphatic carbocycles. The van der Waals surface area contributed by atoms with Crippen molar-refractivity contribution in [2.24, 2.45) is 10.9 Å². The zero-order chi connectivity index (χ0) is 26.8. The largest absolute Gasteiger partial charge is 0.487 e. The van der Waals surface area contributed by atoms with E-state index >= 15 is 0 Å². The highest BCUT2D eigenvalue weighted by Gasteiger charge is 2.37. The molecule has 2 aliphatic rings. The lowest BCUT2D eigenvalue weighted by Gasteiger charge is -2.37. The minimum atomic E-state index is -0.425. The van der Waals surface area contributed by atoms with Crippen molar-refractivity contribution < 1.29 is 9.66 Å². The molecule has 39 heavy (non-hydrogen) atoms. The number of nitrogens with zero attached hydrogens (tertiary/aromatic N) is 2. The van der Waals surface area contributed by atoms with Gasteiger partial charge in [0.05, 0.1) is 21.7 Å². The van der Waals surface area contributed by atoms with E-state index in [2.05, 4.69) is 71.0 Å². The Bertz CT molecular complexity index is 1560. The van der Waals surface area contributed by atoms with Gasteiger partial charge in [-0.05, 0) is 83.1 Å². The van der Waals surface area contributed by atoms with Crippen LogP contribution in [-0.4, -0.2) is 11.1 Å². The maximum Gasteiger partial charge on any atom is 0.269 e. The van der Waals surface area contributed by atoms with E-state index in [0.717, 1.165) is 23.2 Å². The third-order valence-electron chi connectivity index (χ3n) is 7.38. The quantitative estimate of drug-likeness (QED) is 0.111. The number of nitro benzene ring substituents is 1. The molecule has 1 N–H and O–H groups in total. The smallest absolute Gasteiger partial charge is 0.269 e. The predicted octanol–water partition coefficient (Wildman–Crippen LogP) is 8.40. The van der Waals surface area contributed by atoms with Crippen LogP contribution in [0.4, 0.5) is 17.1 Å². The fourth-order valence-corrected chi connectivity index (χ4v) is 5.62. The van der Waals surface area contributed by atoms with Gasteiger partial charge in [0, 0.05) is 30.0 Å². The number of fused-ring (bicyclic) bond motifs is 3. The lowest BCUT2D eigenvalue weighted by molar-refractivity contribution is -0.384. The average molecular weight is 536 g/mol. The van der Waals surface area contributed by atoms with Gasteiger partial charge in [0.1, 0.15) is 12.4 Å². The molecular formula is C32H26ClN3O3. The number of para-hydroxylation sites is 1. The summed E-state index contributed by atoms with van der Waals surface area (Å²) in [7, 11) is 0. The molecule has 0 spiro atoms. The second-order valence-electron chi connectivity index (χ2n) is 9.81. The minimum Gasteiger partial charge on any atom is -0.487 e. The van der Waals surface area contributed by atoms with Crippen LogP contribution in [0.15, 0.2) is 108 Å². The molecule has 0 amide bonds. The van der Waals surface area contributed by atoms with Crippen molar-refractivity contribution in [3.05, 3.63) is 141 Å². The van der Waals surface area contributed by atoms with E-state index in [4.69, 9.17) is 16.3 Å². The third-order valence-corrected chi connectivity index (χ3v) is 7.68. The zero-order valence-corrected chi connectivity index (χ0v) is 21.8. The first-order valence-corrected chi connectivity index (χ1v) is 13.2. The van der Waals surface area contributed by atoms with Crippen LogP contribution in [-0.2, 0) is 6.61 Å². The highest BCUT2D eigenvalue weighted by Crippen LogP contribution is 2.49. The van der Waals surface area contributed by atoms with Gasteiger partial charge in [-0.3, -0.25) is 15.1 Å². The van der Waals surface area contributed by atoms with E-state index in [0.29, 0.717) is 22.6 Å². The van der Waals surface area contributed by atoms with Gasteiger partial charge >= 0.3 is 0 Å². The fourth-order valence-electron chi connectivity index (χ4n) is 5.38. The van der Waals surface area contributed by atoms with Gasteiger partial charge in [0.25, 0.3) is 5.69 Å². The summed E-state index contributed by atoms with van der Waals surface area (Å²) in [5, 5.41) is 15.0. The van der Waals surface area contributed by atoms with Crippen molar-refractivity contribution in [1.82, 2.24) is 0 Å². The summed E-state index contributed by atoms with van der Waals surface area (Å²) in [4.78, 5) is 15.0. The van der Waals surface area contributed by atoms with Crippen LogP contribution < -0.4 is 10.1 Å². The van der Waals surface area contributed by atoms with Gasteiger partial charge in [0.15, 0.2) is 0 Å². The van der Waals surface area contributed by atoms with Gasteiger partial charge in [0.2, 0.25) is 0 Å². The maximum atomic E-state index is 10.8. The first kappa shape index (κ1) is 24.9. The Balaban J connectivity index is 1.10. The van der Waals surface area contributed by atoms with Crippen molar-refractivity contribution in [3.63, 3.8) is 0 Å². The number of hydrogen-bond acceptors (Lipinski definition) is 5. The summed E-state index contributed by atoms with van der Waals surface area (Å²) in [6.45, 7) is 0.261. The molecule has 0 bridgehead atoms. The number of aliphatic imine (C=N–C) groups is 1. The van der Waals surface area contributed by atoms with Crippen LogP contribution in [0.25, 0.3) is 0 Å². The predicted molar refractivity (Wildman–Crippen MR) is 155 cm³/mol. The molecule has 6 rings (SSSR count). The maximum absolute atomic E-state index is 10.8. The second-order valence-corrected chi connectivity index (χ2v) is 10.2. The van der Waals surface area contributed by atoms with Crippen LogP contribution in [0, 0.1) is 16.0 Å². The summed E-state index contributed by atoms with van der Waals surface area (Å²) in [6.07, 6.45) is 7.52. The van der Waals surface area contributed by atoms with Gasteiger partial charge < -0.3 is 10.1 Å². The number of rotatable bonds is 7. The Morgan fingerprint density at radius 1 is 1.03 bits per heavy atom. The average Bonchev–Trinajstić information content (AvgIpc) is 3.46. The number of halogens is 1. The normalized spacial score (nSPS) is 19.4. The molecule has 1 aliphatic heterocycles. The topological polar surface area (TPSA) is 76.8 Å². The number of anilines is 1. The van der Waals surface area contributed by atoms with E-state index < -0.39 is 4.92 Å². The summed E-state index contributed by atoms with van der Waals surface area (Å²) in [6, 6.07) is 29.0. The molecular weight excluding hydrogens is 510 g/mol. The number of allylic oxidation sites excluding steroid dienone is 2. The van der Waals surface area contributed by atoms with Crippen molar-refractivity contribution in [3.8, 4) is 5.75 Å². The van der Waals surface area contributed by atoms with Crippen LogP contribution in [0.2, 0.25) is 5.02 Å². The number of hydrogen-bond donors (Lipinski definition) is 1. The highest BCUT2D eigenvalue weighted by atomic mass is 35.5. The van der Waals surface area contributed by atoms with Gasteiger partial charge in [-0.15, -0.1) is 0 Å². The molecule has 3 atom stereocenters. The lowest BCUT2D eigenvalue weighted by Crippen LogP contribution is -2.28. The Kier molecular flexibility index (Phi) is 6.86. The number of benzene rings is 4. The summed E-state index contributed by atoms with van der Waals surface area (Å²) >= 11 is 6.44. The first-order valence-electron chi connectivity index (χ1n) is 12.9. The fraction of sp³-hybridized carbons (Fsp3) is 0.156. The second kappa shape index (κ2) is 10.8. The monoisotopic (exact) mass is 535 g/mol. The van der Waals surface area contributed by atoms with Gasteiger partial charge in [-0.2, -0.15) is 0 Å². The van der Waals surface area contributed by atoms with Crippen molar-refractivity contribution in [2.45, 2.75) is 25.0 Å². The van der Waals surface area contributed by atoms with Crippen LogP contribution in [0.3, 0.4) is 0 Å². The van der Waals surface area contributed by atoms with E-state index in [1.54, 1.807) is 30.5 Å². The Hall–Kier alpha value is -4.42.